The van der Waals surface area contributed by atoms with Gasteiger partial charge >= 0.3 is 0 Å². The smallest absolute Gasteiger partial charge is 0.233 e. The number of rotatable bonds is 7. The Hall–Kier alpha value is -1.00. The Morgan fingerprint density at radius 1 is 1.30 bits per heavy atom. The average Bonchev–Trinajstić information content (AvgIpc) is 3.32. The lowest BCUT2D eigenvalue weighted by molar-refractivity contribution is -0.120. The second-order valence-electron chi connectivity index (χ2n) is 5.85. The summed E-state index contributed by atoms with van der Waals surface area (Å²) >= 11 is 1.65. The Morgan fingerprint density at radius 3 is 2.75 bits per heavy atom. The van der Waals surface area contributed by atoms with Crippen molar-refractivity contribution >= 4 is 17.7 Å². The molecule has 0 saturated heterocycles. The summed E-state index contributed by atoms with van der Waals surface area (Å²) in [6.45, 7) is 2.92. The lowest BCUT2D eigenvalue weighted by atomic mass is 10.2. The van der Waals surface area contributed by atoms with Gasteiger partial charge in [0, 0.05) is 23.5 Å². The largest absolute Gasteiger partial charge is 0.352 e. The number of benzene rings is 1. The van der Waals surface area contributed by atoms with Crippen LogP contribution < -0.4 is 10.6 Å². The fourth-order valence-electron chi connectivity index (χ4n) is 2.08. The van der Waals surface area contributed by atoms with Crippen molar-refractivity contribution in [2.45, 2.75) is 61.4 Å². The van der Waals surface area contributed by atoms with Gasteiger partial charge in [-0.25, -0.2) is 0 Å². The van der Waals surface area contributed by atoms with Crippen LogP contribution in [0.5, 0.6) is 0 Å². The molecule has 108 valence electrons. The number of hydrogen-bond donors (Lipinski definition) is 2. The fourth-order valence-corrected chi connectivity index (χ4v) is 3.04. The van der Waals surface area contributed by atoms with Gasteiger partial charge in [0.25, 0.3) is 0 Å². The van der Waals surface area contributed by atoms with Crippen LogP contribution in [0.1, 0.15) is 38.2 Å². The molecule has 1 amide bonds. The zero-order chi connectivity index (χ0) is 13.9. The van der Waals surface area contributed by atoms with Crippen molar-refractivity contribution < 1.29 is 4.79 Å². The standard InChI is InChI=1S/C16H22N2OS/c1-11(16(19)18-14-7-8-14)20-15-4-2-3-12(9-15)10-17-13-5-6-13/h2-4,9,11,13-14,17H,5-8,10H2,1H3,(H,18,19). The van der Waals surface area contributed by atoms with Crippen LogP contribution in [-0.4, -0.2) is 23.2 Å². The lowest BCUT2D eigenvalue weighted by Crippen LogP contribution is -2.32. The molecule has 2 N–H and O–H groups in total. The molecule has 0 aromatic heterocycles. The molecule has 1 atom stereocenters. The molecule has 2 aliphatic carbocycles. The summed E-state index contributed by atoms with van der Waals surface area (Å²) in [5.41, 5.74) is 1.30. The van der Waals surface area contributed by atoms with E-state index in [1.54, 1.807) is 11.8 Å². The van der Waals surface area contributed by atoms with Crippen molar-refractivity contribution in [2.75, 3.05) is 0 Å². The minimum absolute atomic E-state index is 0.0257. The maximum Gasteiger partial charge on any atom is 0.233 e. The second-order valence-corrected chi connectivity index (χ2v) is 7.26. The Kier molecular flexibility index (Phi) is 4.32. The number of nitrogens with one attached hydrogen (secondary N) is 2. The van der Waals surface area contributed by atoms with E-state index in [4.69, 9.17) is 0 Å². The van der Waals surface area contributed by atoms with Crippen molar-refractivity contribution in [3.63, 3.8) is 0 Å². The molecule has 2 saturated carbocycles. The van der Waals surface area contributed by atoms with E-state index in [0.717, 1.165) is 25.4 Å². The Balaban J connectivity index is 1.52. The van der Waals surface area contributed by atoms with Gasteiger partial charge in [0.2, 0.25) is 5.91 Å². The molecule has 3 rings (SSSR count). The second kappa shape index (κ2) is 6.19. The number of carbonyl (C=O) groups excluding carboxylic acids is 1. The Labute approximate surface area is 124 Å². The topological polar surface area (TPSA) is 41.1 Å². The molecule has 2 aliphatic rings. The Bertz CT molecular complexity index is 483. The maximum atomic E-state index is 12.0. The minimum Gasteiger partial charge on any atom is -0.352 e. The van der Waals surface area contributed by atoms with E-state index in [0.29, 0.717) is 6.04 Å². The van der Waals surface area contributed by atoms with Crippen molar-refractivity contribution in [1.82, 2.24) is 10.6 Å². The monoisotopic (exact) mass is 290 g/mol. The molecular weight excluding hydrogens is 268 g/mol. The molecule has 0 bridgehead atoms. The van der Waals surface area contributed by atoms with Crippen LogP contribution in [-0.2, 0) is 11.3 Å². The van der Waals surface area contributed by atoms with E-state index in [-0.39, 0.29) is 11.2 Å². The first-order chi connectivity index (χ1) is 9.70. The van der Waals surface area contributed by atoms with Gasteiger partial charge in [0.1, 0.15) is 0 Å². The van der Waals surface area contributed by atoms with E-state index in [2.05, 4.69) is 34.9 Å². The Morgan fingerprint density at radius 2 is 2.05 bits per heavy atom. The zero-order valence-corrected chi connectivity index (χ0v) is 12.7. The zero-order valence-electron chi connectivity index (χ0n) is 11.9. The molecule has 1 unspecified atom stereocenters. The molecule has 3 nitrogen and oxygen atoms in total. The highest BCUT2D eigenvalue weighted by Crippen LogP contribution is 2.26. The first-order valence-electron chi connectivity index (χ1n) is 7.50. The van der Waals surface area contributed by atoms with Gasteiger partial charge in [0.15, 0.2) is 0 Å². The van der Waals surface area contributed by atoms with Gasteiger partial charge in [0.05, 0.1) is 5.25 Å². The average molecular weight is 290 g/mol. The summed E-state index contributed by atoms with van der Waals surface area (Å²) in [5.74, 6) is 0.166. The molecule has 2 fully saturated rings. The van der Waals surface area contributed by atoms with E-state index < -0.39 is 0 Å². The van der Waals surface area contributed by atoms with E-state index in [1.165, 1.54) is 23.3 Å². The van der Waals surface area contributed by atoms with Crippen molar-refractivity contribution in [2.24, 2.45) is 0 Å². The van der Waals surface area contributed by atoms with E-state index in [9.17, 15) is 4.79 Å². The number of amides is 1. The van der Waals surface area contributed by atoms with Gasteiger partial charge in [-0.3, -0.25) is 4.79 Å². The third-order valence-corrected chi connectivity index (χ3v) is 4.77. The highest BCUT2D eigenvalue weighted by atomic mass is 32.2. The molecule has 4 heteroatoms. The van der Waals surface area contributed by atoms with Crippen LogP contribution in [0, 0.1) is 0 Å². The van der Waals surface area contributed by atoms with Gasteiger partial charge in [-0.1, -0.05) is 12.1 Å². The van der Waals surface area contributed by atoms with Crippen molar-refractivity contribution in [3.05, 3.63) is 29.8 Å². The van der Waals surface area contributed by atoms with E-state index >= 15 is 0 Å². The normalized spacial score (nSPS) is 19.6. The molecule has 0 heterocycles. The van der Waals surface area contributed by atoms with E-state index in [1.807, 2.05) is 6.92 Å². The number of thioether (sulfide) groups is 1. The van der Waals surface area contributed by atoms with Gasteiger partial charge < -0.3 is 10.6 Å². The van der Waals surface area contributed by atoms with Crippen LogP contribution in [0.25, 0.3) is 0 Å². The molecular formula is C16H22N2OS. The summed E-state index contributed by atoms with van der Waals surface area (Å²) in [7, 11) is 0. The molecule has 20 heavy (non-hydrogen) atoms. The van der Waals surface area contributed by atoms with Gasteiger partial charge in [-0.15, -0.1) is 11.8 Å². The molecule has 0 spiro atoms. The lowest BCUT2D eigenvalue weighted by Gasteiger charge is -2.12. The molecule has 1 aromatic carbocycles. The van der Waals surface area contributed by atoms with Gasteiger partial charge in [-0.05, 0) is 50.3 Å². The summed E-state index contributed by atoms with van der Waals surface area (Å²) in [6.07, 6.45) is 4.91. The van der Waals surface area contributed by atoms with Crippen LogP contribution in [0.15, 0.2) is 29.2 Å². The van der Waals surface area contributed by atoms with Crippen LogP contribution >= 0.6 is 11.8 Å². The summed E-state index contributed by atoms with van der Waals surface area (Å²) in [5, 5.41) is 6.56. The third kappa shape index (κ3) is 4.25. The molecule has 1 aromatic rings. The molecule has 0 aliphatic heterocycles. The highest BCUT2D eigenvalue weighted by molar-refractivity contribution is 8.00. The third-order valence-electron chi connectivity index (χ3n) is 3.68. The van der Waals surface area contributed by atoms with Crippen molar-refractivity contribution in [1.29, 1.82) is 0 Å². The quantitative estimate of drug-likeness (QED) is 0.759. The van der Waals surface area contributed by atoms with Crippen LogP contribution in [0.3, 0.4) is 0 Å². The predicted octanol–water partition coefficient (Wildman–Crippen LogP) is 2.70. The number of carbonyl (C=O) groups is 1. The predicted molar refractivity (Wildman–Crippen MR) is 82.8 cm³/mol. The fraction of sp³-hybridized carbons (Fsp3) is 0.562. The first kappa shape index (κ1) is 14.0. The summed E-state index contributed by atoms with van der Waals surface area (Å²) < 4.78 is 0. The minimum atomic E-state index is -0.0257. The summed E-state index contributed by atoms with van der Waals surface area (Å²) in [4.78, 5) is 13.1. The summed E-state index contributed by atoms with van der Waals surface area (Å²) in [6, 6.07) is 9.69. The van der Waals surface area contributed by atoms with Crippen LogP contribution in [0.4, 0.5) is 0 Å². The molecule has 0 radical (unpaired) electrons. The highest BCUT2D eigenvalue weighted by Gasteiger charge is 2.26. The first-order valence-corrected chi connectivity index (χ1v) is 8.38. The van der Waals surface area contributed by atoms with Gasteiger partial charge in [-0.2, -0.15) is 0 Å². The number of hydrogen-bond acceptors (Lipinski definition) is 3. The van der Waals surface area contributed by atoms with Crippen LogP contribution in [0.2, 0.25) is 0 Å². The SMILES string of the molecule is CC(Sc1cccc(CNC2CC2)c1)C(=O)NC1CC1. The van der Waals surface area contributed by atoms with Crippen molar-refractivity contribution in [3.8, 4) is 0 Å². The maximum absolute atomic E-state index is 12.0.